The first-order valence-corrected chi connectivity index (χ1v) is 5.04. The number of ether oxygens (including phenoxy) is 1. The average molecular weight is 262 g/mol. The third kappa shape index (κ3) is 3.36. The number of carbonyl (C=O) groups is 1. The van der Waals surface area contributed by atoms with Crippen LogP contribution in [0.1, 0.15) is 11.1 Å². The molecule has 0 amide bonds. The van der Waals surface area contributed by atoms with Crippen molar-refractivity contribution in [2.75, 3.05) is 12.8 Å². The number of carbonyl (C=O) groups excluding carboxylic acids is 1. The Morgan fingerprint density at radius 1 is 1.44 bits per heavy atom. The van der Waals surface area contributed by atoms with E-state index in [-0.39, 0.29) is 17.7 Å². The first kappa shape index (κ1) is 14.3. The van der Waals surface area contributed by atoms with E-state index < -0.39 is 23.8 Å². The molecule has 18 heavy (non-hydrogen) atoms. The number of halogens is 3. The third-order valence-corrected chi connectivity index (χ3v) is 2.41. The van der Waals surface area contributed by atoms with Crippen LogP contribution in [0.15, 0.2) is 18.2 Å². The topological polar surface area (TPSA) is 78.3 Å². The average Bonchev–Trinajstić information content (AvgIpc) is 2.29. The Labute approximate surface area is 102 Å². The van der Waals surface area contributed by atoms with E-state index in [9.17, 15) is 18.0 Å². The second-order valence-corrected chi connectivity index (χ2v) is 3.75. The molecular weight excluding hydrogens is 249 g/mol. The molecule has 0 spiro atoms. The molecule has 7 heteroatoms. The van der Waals surface area contributed by atoms with Gasteiger partial charge in [-0.1, -0.05) is 0 Å². The molecule has 1 aromatic rings. The molecular formula is C11H13F3N2O2. The van der Waals surface area contributed by atoms with Crippen molar-refractivity contribution in [2.45, 2.75) is 18.6 Å². The summed E-state index contributed by atoms with van der Waals surface area (Å²) in [6, 6.07) is 1.86. The molecule has 1 atom stereocenters. The molecule has 1 aromatic carbocycles. The summed E-state index contributed by atoms with van der Waals surface area (Å²) in [6.45, 7) is 0. The van der Waals surface area contributed by atoms with Crippen LogP contribution in [0.3, 0.4) is 0 Å². The molecule has 0 heterocycles. The van der Waals surface area contributed by atoms with Crippen molar-refractivity contribution in [1.29, 1.82) is 0 Å². The molecule has 0 saturated carbocycles. The fourth-order valence-corrected chi connectivity index (χ4v) is 1.43. The lowest BCUT2D eigenvalue weighted by Gasteiger charge is -2.14. The van der Waals surface area contributed by atoms with Gasteiger partial charge in [-0.3, -0.25) is 4.79 Å². The van der Waals surface area contributed by atoms with Crippen molar-refractivity contribution in [3.8, 4) is 0 Å². The second kappa shape index (κ2) is 5.26. The summed E-state index contributed by atoms with van der Waals surface area (Å²) in [7, 11) is 1.15. The summed E-state index contributed by atoms with van der Waals surface area (Å²) in [5, 5.41) is 0. The van der Waals surface area contributed by atoms with Gasteiger partial charge in [0.1, 0.15) is 6.04 Å². The molecule has 0 aliphatic rings. The highest BCUT2D eigenvalue weighted by Gasteiger charge is 2.31. The van der Waals surface area contributed by atoms with E-state index >= 15 is 0 Å². The molecule has 1 rings (SSSR count). The molecule has 0 saturated heterocycles. The van der Waals surface area contributed by atoms with Gasteiger partial charge in [-0.15, -0.1) is 0 Å². The van der Waals surface area contributed by atoms with Crippen LogP contribution in [0, 0.1) is 0 Å². The maximum Gasteiger partial charge on any atom is 0.416 e. The number of alkyl halides is 3. The van der Waals surface area contributed by atoms with Gasteiger partial charge in [0.2, 0.25) is 0 Å². The van der Waals surface area contributed by atoms with E-state index in [4.69, 9.17) is 11.5 Å². The number of methoxy groups -OCH3 is 1. The van der Waals surface area contributed by atoms with E-state index in [1.54, 1.807) is 0 Å². The minimum atomic E-state index is -4.46. The first-order chi connectivity index (χ1) is 8.25. The fourth-order valence-electron chi connectivity index (χ4n) is 1.43. The zero-order chi connectivity index (χ0) is 13.9. The number of nitrogens with two attached hydrogens (primary N) is 2. The summed E-state index contributed by atoms with van der Waals surface area (Å²) in [5.74, 6) is -0.702. The van der Waals surface area contributed by atoms with Crippen LogP contribution >= 0.6 is 0 Å². The van der Waals surface area contributed by atoms with Crippen molar-refractivity contribution in [3.05, 3.63) is 29.3 Å². The number of benzene rings is 1. The number of nitrogen functional groups attached to an aromatic ring is 1. The third-order valence-electron chi connectivity index (χ3n) is 2.41. The van der Waals surface area contributed by atoms with E-state index in [0.717, 1.165) is 25.3 Å². The summed E-state index contributed by atoms with van der Waals surface area (Å²) in [6.07, 6.45) is -4.57. The first-order valence-electron chi connectivity index (χ1n) is 5.04. The molecule has 0 bridgehead atoms. The lowest BCUT2D eigenvalue weighted by molar-refractivity contribution is -0.142. The Morgan fingerprint density at radius 3 is 2.56 bits per heavy atom. The van der Waals surface area contributed by atoms with E-state index in [2.05, 4.69) is 4.74 Å². The lowest BCUT2D eigenvalue weighted by Crippen LogP contribution is -2.34. The molecule has 4 nitrogen and oxygen atoms in total. The summed E-state index contributed by atoms with van der Waals surface area (Å²) < 4.78 is 41.9. The summed E-state index contributed by atoms with van der Waals surface area (Å²) in [5.41, 5.74) is 10.5. The number of hydrogen-bond acceptors (Lipinski definition) is 4. The van der Waals surface area contributed by atoms with Crippen LogP contribution in [0.4, 0.5) is 18.9 Å². The van der Waals surface area contributed by atoms with Gasteiger partial charge in [-0.05, 0) is 23.8 Å². The molecule has 0 aromatic heterocycles. The number of hydrogen-bond donors (Lipinski definition) is 2. The van der Waals surface area contributed by atoms with E-state index in [1.807, 2.05) is 0 Å². The second-order valence-electron chi connectivity index (χ2n) is 3.75. The summed E-state index contributed by atoms with van der Waals surface area (Å²) in [4.78, 5) is 11.1. The minimum Gasteiger partial charge on any atom is -0.468 e. The van der Waals surface area contributed by atoms with E-state index in [0.29, 0.717) is 0 Å². The van der Waals surface area contributed by atoms with Gasteiger partial charge in [0, 0.05) is 12.1 Å². The number of esters is 1. The number of anilines is 1. The Kier molecular flexibility index (Phi) is 4.18. The maximum atomic E-state index is 12.5. The zero-order valence-electron chi connectivity index (χ0n) is 9.62. The molecule has 0 unspecified atom stereocenters. The fraction of sp³-hybridized carbons (Fsp3) is 0.364. The maximum absolute atomic E-state index is 12.5. The molecule has 0 aliphatic carbocycles. The smallest absolute Gasteiger partial charge is 0.416 e. The van der Waals surface area contributed by atoms with Crippen LogP contribution < -0.4 is 11.5 Å². The normalized spacial score (nSPS) is 13.2. The highest BCUT2D eigenvalue weighted by molar-refractivity contribution is 5.76. The van der Waals surface area contributed by atoms with Crippen molar-refractivity contribution in [2.24, 2.45) is 5.73 Å². The van der Waals surface area contributed by atoms with Gasteiger partial charge in [0.15, 0.2) is 0 Å². The Bertz CT molecular complexity index is 446. The van der Waals surface area contributed by atoms with Crippen LogP contribution in [0.25, 0.3) is 0 Å². The van der Waals surface area contributed by atoms with Crippen LogP contribution in [-0.4, -0.2) is 19.1 Å². The molecule has 100 valence electrons. The molecule has 0 radical (unpaired) electrons. The monoisotopic (exact) mass is 262 g/mol. The zero-order valence-corrected chi connectivity index (χ0v) is 9.62. The van der Waals surface area contributed by atoms with Gasteiger partial charge >= 0.3 is 12.1 Å². The Morgan fingerprint density at radius 2 is 2.06 bits per heavy atom. The summed E-state index contributed by atoms with van der Waals surface area (Å²) >= 11 is 0. The standard InChI is InChI=1S/C11H13F3N2O2/c1-18-10(17)9(16)5-6-4-7(11(12,13)14)2-3-8(6)15/h2-4,9H,5,15-16H2,1H3/t9-/m0/s1. The van der Waals surface area contributed by atoms with Gasteiger partial charge in [-0.2, -0.15) is 13.2 Å². The van der Waals surface area contributed by atoms with E-state index in [1.165, 1.54) is 0 Å². The number of rotatable bonds is 3. The van der Waals surface area contributed by atoms with Gasteiger partial charge in [0.05, 0.1) is 12.7 Å². The van der Waals surface area contributed by atoms with Crippen LogP contribution in [-0.2, 0) is 22.1 Å². The highest BCUT2D eigenvalue weighted by atomic mass is 19.4. The Hall–Kier alpha value is -1.76. The van der Waals surface area contributed by atoms with Crippen molar-refractivity contribution >= 4 is 11.7 Å². The van der Waals surface area contributed by atoms with Gasteiger partial charge in [0.25, 0.3) is 0 Å². The largest absolute Gasteiger partial charge is 0.468 e. The molecule has 0 fully saturated rings. The van der Waals surface area contributed by atoms with Crippen LogP contribution in [0.2, 0.25) is 0 Å². The van der Waals surface area contributed by atoms with Crippen molar-refractivity contribution in [1.82, 2.24) is 0 Å². The molecule has 4 N–H and O–H groups in total. The van der Waals surface area contributed by atoms with Crippen LogP contribution in [0.5, 0.6) is 0 Å². The minimum absolute atomic E-state index is 0.109. The lowest BCUT2D eigenvalue weighted by atomic mass is 10.0. The quantitative estimate of drug-likeness (QED) is 0.636. The predicted octanol–water partition coefficient (Wildman–Crippen LogP) is 1.33. The van der Waals surface area contributed by atoms with Crippen molar-refractivity contribution < 1.29 is 22.7 Å². The molecule has 0 aliphatic heterocycles. The predicted molar refractivity (Wildman–Crippen MR) is 59.6 cm³/mol. The SMILES string of the molecule is COC(=O)[C@@H](N)Cc1cc(C(F)(F)F)ccc1N. The van der Waals surface area contributed by atoms with Crippen molar-refractivity contribution in [3.63, 3.8) is 0 Å². The van der Waals surface area contributed by atoms with Gasteiger partial charge in [-0.25, -0.2) is 0 Å². The Balaban J connectivity index is 2.98. The highest BCUT2D eigenvalue weighted by Crippen LogP contribution is 2.31. The van der Waals surface area contributed by atoms with Gasteiger partial charge < -0.3 is 16.2 Å².